The van der Waals surface area contributed by atoms with Crippen LogP contribution in [0, 0.1) is 0 Å². The lowest BCUT2D eigenvalue weighted by Gasteiger charge is -2.08. The Kier molecular flexibility index (Phi) is 6.67. The highest BCUT2D eigenvalue weighted by molar-refractivity contribution is 9.10. The topological polar surface area (TPSA) is 67.7 Å². The molecular formula is C23H24BrN5. The summed E-state index contributed by atoms with van der Waals surface area (Å²) in [7, 11) is 0. The Morgan fingerprint density at radius 1 is 1.21 bits per heavy atom. The standard InChI is InChI=1S/C23H24BrN5/c1-4-28-23(25)22-20(13-21(24)29(22)26-3)18-10-11-19(16(2)12-18)15-27-14-17-8-6-5-7-9-17/h5-13,15,27H,2-4,14H2,1H3,(H2,25,28)/b19-15-. The smallest absolute Gasteiger partial charge is 0.145 e. The fourth-order valence-corrected chi connectivity index (χ4v) is 3.63. The maximum Gasteiger partial charge on any atom is 0.145 e. The summed E-state index contributed by atoms with van der Waals surface area (Å²) in [4.78, 5) is 4.35. The van der Waals surface area contributed by atoms with E-state index >= 15 is 0 Å². The first-order chi connectivity index (χ1) is 14.0. The second-order valence-electron chi connectivity index (χ2n) is 6.47. The summed E-state index contributed by atoms with van der Waals surface area (Å²) in [5, 5.41) is 9.35. The van der Waals surface area contributed by atoms with Crippen LogP contribution in [0.5, 0.6) is 0 Å². The average molecular weight is 450 g/mol. The van der Waals surface area contributed by atoms with Crippen molar-refractivity contribution in [3.8, 4) is 11.1 Å². The van der Waals surface area contributed by atoms with Crippen molar-refractivity contribution in [3.63, 3.8) is 0 Å². The van der Waals surface area contributed by atoms with Gasteiger partial charge in [-0.2, -0.15) is 5.10 Å². The zero-order chi connectivity index (χ0) is 20.8. The number of hydrogen-bond donors (Lipinski definition) is 2. The van der Waals surface area contributed by atoms with Gasteiger partial charge in [-0.25, -0.2) is 4.68 Å². The van der Waals surface area contributed by atoms with Gasteiger partial charge in [-0.1, -0.05) is 49.0 Å². The quantitative estimate of drug-likeness (QED) is 0.429. The van der Waals surface area contributed by atoms with E-state index in [9.17, 15) is 0 Å². The number of benzene rings is 2. The molecule has 3 rings (SSSR count). The third-order valence-corrected chi connectivity index (χ3v) is 5.07. The van der Waals surface area contributed by atoms with Crippen LogP contribution in [0.15, 0.2) is 69.3 Å². The number of nitrogens with zero attached hydrogens (tertiary/aromatic N) is 3. The lowest BCUT2D eigenvalue weighted by molar-refractivity contribution is 0.860. The molecule has 29 heavy (non-hydrogen) atoms. The van der Waals surface area contributed by atoms with E-state index in [0.717, 1.165) is 32.7 Å². The third kappa shape index (κ3) is 4.66. The van der Waals surface area contributed by atoms with E-state index in [-0.39, 0.29) is 0 Å². The highest BCUT2D eigenvalue weighted by Crippen LogP contribution is 2.29. The van der Waals surface area contributed by atoms with Crippen LogP contribution in [0.3, 0.4) is 0 Å². The van der Waals surface area contributed by atoms with Crippen LogP contribution in [0.4, 0.5) is 0 Å². The molecule has 148 valence electrons. The highest BCUT2D eigenvalue weighted by Gasteiger charge is 2.18. The van der Waals surface area contributed by atoms with Crippen molar-refractivity contribution in [2.45, 2.75) is 13.5 Å². The molecule has 0 saturated heterocycles. The molecule has 0 aliphatic rings. The van der Waals surface area contributed by atoms with Crippen molar-refractivity contribution in [2.75, 3.05) is 6.54 Å². The van der Waals surface area contributed by atoms with Gasteiger partial charge in [0.1, 0.15) is 16.1 Å². The minimum Gasteiger partial charge on any atom is -0.386 e. The van der Waals surface area contributed by atoms with Gasteiger partial charge < -0.3 is 11.1 Å². The van der Waals surface area contributed by atoms with Crippen LogP contribution in [0.1, 0.15) is 18.2 Å². The van der Waals surface area contributed by atoms with Gasteiger partial charge in [0.2, 0.25) is 0 Å². The predicted octanol–water partition coefficient (Wildman–Crippen LogP) is 3.04. The van der Waals surface area contributed by atoms with E-state index in [1.54, 1.807) is 4.68 Å². The van der Waals surface area contributed by atoms with E-state index in [2.05, 4.69) is 56.8 Å². The van der Waals surface area contributed by atoms with E-state index in [1.807, 2.05) is 55.6 Å². The summed E-state index contributed by atoms with van der Waals surface area (Å²) in [5.74, 6) is 0.423. The molecule has 0 unspecified atom stereocenters. The van der Waals surface area contributed by atoms with Crippen molar-refractivity contribution in [1.82, 2.24) is 9.99 Å². The molecule has 0 aliphatic heterocycles. The van der Waals surface area contributed by atoms with Crippen LogP contribution < -0.4 is 21.5 Å². The number of aromatic nitrogens is 1. The van der Waals surface area contributed by atoms with Gasteiger partial charge in [-0.15, -0.1) is 0 Å². The minimum atomic E-state index is 0.423. The fraction of sp³-hybridized carbons (Fsp3) is 0.130. The summed E-state index contributed by atoms with van der Waals surface area (Å²) in [6, 6.07) is 18.4. The van der Waals surface area contributed by atoms with Crippen molar-refractivity contribution in [3.05, 3.63) is 80.9 Å². The fourth-order valence-electron chi connectivity index (χ4n) is 3.11. The molecule has 0 aliphatic carbocycles. The summed E-state index contributed by atoms with van der Waals surface area (Å²) >= 11 is 3.52. The van der Waals surface area contributed by atoms with Gasteiger partial charge in [0, 0.05) is 31.6 Å². The monoisotopic (exact) mass is 449 g/mol. The second kappa shape index (κ2) is 9.39. The normalized spacial score (nSPS) is 12.2. The van der Waals surface area contributed by atoms with E-state index in [4.69, 9.17) is 5.73 Å². The maximum absolute atomic E-state index is 6.21. The van der Waals surface area contributed by atoms with Crippen molar-refractivity contribution >= 4 is 41.3 Å². The van der Waals surface area contributed by atoms with Crippen LogP contribution in [0.2, 0.25) is 0 Å². The lowest BCUT2D eigenvalue weighted by Crippen LogP contribution is -2.26. The Morgan fingerprint density at radius 3 is 2.62 bits per heavy atom. The molecule has 1 heterocycles. The van der Waals surface area contributed by atoms with Crippen molar-refractivity contribution < 1.29 is 0 Å². The number of nitrogens with two attached hydrogens (primary N) is 1. The molecule has 0 saturated carbocycles. The molecule has 0 amide bonds. The molecule has 0 spiro atoms. The first-order valence-electron chi connectivity index (χ1n) is 9.30. The Morgan fingerprint density at radius 2 is 1.97 bits per heavy atom. The summed E-state index contributed by atoms with van der Waals surface area (Å²) in [6.07, 6.45) is 1.99. The Bertz CT molecular complexity index is 1150. The molecule has 3 aromatic rings. The van der Waals surface area contributed by atoms with Crippen molar-refractivity contribution in [1.29, 1.82) is 0 Å². The third-order valence-electron chi connectivity index (χ3n) is 4.51. The Balaban J connectivity index is 1.95. The van der Waals surface area contributed by atoms with E-state index in [1.165, 1.54) is 5.56 Å². The SMILES string of the molecule is C=Nn1c(Br)cc(-c2cc/c(=C/NCc3ccccc3)c(=C)c2)c1C(N)=NCC. The minimum absolute atomic E-state index is 0.423. The predicted molar refractivity (Wildman–Crippen MR) is 126 cm³/mol. The maximum atomic E-state index is 6.21. The molecule has 6 heteroatoms. The lowest BCUT2D eigenvalue weighted by atomic mass is 10.0. The molecule has 0 fully saturated rings. The molecular weight excluding hydrogens is 426 g/mol. The Hall–Kier alpha value is -3.12. The van der Waals surface area contributed by atoms with Gasteiger partial charge in [0.25, 0.3) is 0 Å². The van der Waals surface area contributed by atoms with Gasteiger partial charge >= 0.3 is 0 Å². The second-order valence-corrected chi connectivity index (χ2v) is 7.28. The molecule has 0 radical (unpaired) electrons. The van der Waals surface area contributed by atoms with E-state index < -0.39 is 0 Å². The van der Waals surface area contributed by atoms with Crippen molar-refractivity contribution in [2.24, 2.45) is 15.8 Å². The number of nitrogens with one attached hydrogen (secondary N) is 1. The van der Waals surface area contributed by atoms with Gasteiger partial charge in [0.15, 0.2) is 0 Å². The number of aliphatic imine (C=N–C) groups is 1. The Labute approximate surface area is 179 Å². The molecule has 0 atom stereocenters. The first-order valence-corrected chi connectivity index (χ1v) is 10.1. The summed E-state index contributed by atoms with van der Waals surface area (Å²) in [6.45, 7) is 11.1. The van der Waals surface area contributed by atoms with Crippen LogP contribution in [-0.2, 0) is 6.54 Å². The number of amidine groups is 1. The van der Waals surface area contributed by atoms with Crippen LogP contribution >= 0.6 is 15.9 Å². The van der Waals surface area contributed by atoms with Crippen LogP contribution in [0.25, 0.3) is 23.9 Å². The van der Waals surface area contributed by atoms with Crippen LogP contribution in [-0.4, -0.2) is 23.8 Å². The largest absolute Gasteiger partial charge is 0.386 e. The molecule has 5 nitrogen and oxygen atoms in total. The van der Waals surface area contributed by atoms with Gasteiger partial charge in [-0.05, 0) is 56.6 Å². The average Bonchev–Trinajstić information content (AvgIpc) is 3.06. The zero-order valence-corrected chi connectivity index (χ0v) is 18.0. The van der Waals surface area contributed by atoms with E-state index in [0.29, 0.717) is 18.1 Å². The number of hydrogen-bond acceptors (Lipinski definition) is 3. The molecule has 3 N–H and O–H groups in total. The molecule has 0 bridgehead atoms. The molecule has 1 aromatic heterocycles. The molecule has 2 aromatic carbocycles. The number of halogens is 1. The summed E-state index contributed by atoms with van der Waals surface area (Å²) in [5.41, 5.74) is 10.1. The highest BCUT2D eigenvalue weighted by atomic mass is 79.9. The van der Waals surface area contributed by atoms with Gasteiger partial charge in [0.05, 0.1) is 0 Å². The summed E-state index contributed by atoms with van der Waals surface area (Å²) < 4.78 is 2.41. The number of rotatable bonds is 7. The zero-order valence-electron chi connectivity index (χ0n) is 16.4. The van der Waals surface area contributed by atoms with Gasteiger partial charge in [-0.3, -0.25) is 4.99 Å². The first kappa shape index (κ1) is 20.6.